The van der Waals surface area contributed by atoms with E-state index in [1.807, 2.05) is 0 Å². The SMILES string of the molecule is Cc1cc(=O)c(C(=O)N2CCCCCC2)nn1-c1ccccc1C(F)(F)F. The quantitative estimate of drug-likeness (QED) is 0.802. The molecule has 1 aliphatic heterocycles. The molecular weight excluding hydrogens is 359 g/mol. The molecule has 8 heteroatoms. The van der Waals surface area contributed by atoms with Gasteiger partial charge < -0.3 is 4.90 Å². The Morgan fingerprint density at radius 1 is 1.07 bits per heavy atom. The van der Waals surface area contributed by atoms with Gasteiger partial charge in [0.15, 0.2) is 5.69 Å². The van der Waals surface area contributed by atoms with Crippen LogP contribution in [0.1, 0.15) is 47.4 Å². The van der Waals surface area contributed by atoms with E-state index in [0.29, 0.717) is 13.1 Å². The van der Waals surface area contributed by atoms with Crippen molar-refractivity contribution < 1.29 is 18.0 Å². The summed E-state index contributed by atoms with van der Waals surface area (Å²) in [4.78, 5) is 26.7. The molecule has 5 nitrogen and oxygen atoms in total. The second-order valence-corrected chi connectivity index (χ2v) is 6.63. The molecule has 0 saturated carbocycles. The second kappa shape index (κ2) is 7.54. The highest BCUT2D eigenvalue weighted by Gasteiger charge is 2.34. The van der Waals surface area contributed by atoms with Gasteiger partial charge in [-0.25, -0.2) is 4.68 Å². The van der Waals surface area contributed by atoms with Crippen molar-refractivity contribution in [1.29, 1.82) is 0 Å². The fourth-order valence-electron chi connectivity index (χ4n) is 3.26. The Labute approximate surface area is 154 Å². The number of nitrogens with zero attached hydrogens (tertiary/aromatic N) is 3. The molecule has 2 aromatic rings. The van der Waals surface area contributed by atoms with E-state index in [1.165, 1.54) is 25.1 Å². The summed E-state index contributed by atoms with van der Waals surface area (Å²) in [5.74, 6) is -0.528. The Kier molecular flexibility index (Phi) is 5.34. The van der Waals surface area contributed by atoms with Crippen LogP contribution < -0.4 is 5.43 Å². The molecule has 1 amide bonds. The van der Waals surface area contributed by atoms with Crippen LogP contribution in [0, 0.1) is 6.92 Å². The van der Waals surface area contributed by atoms with Gasteiger partial charge in [-0.05, 0) is 31.9 Å². The van der Waals surface area contributed by atoms with Gasteiger partial charge in [-0.3, -0.25) is 9.59 Å². The lowest BCUT2D eigenvalue weighted by Gasteiger charge is -2.21. The molecule has 0 aliphatic carbocycles. The molecule has 3 rings (SSSR count). The summed E-state index contributed by atoms with van der Waals surface area (Å²) in [7, 11) is 0. The highest BCUT2D eigenvalue weighted by Crippen LogP contribution is 2.33. The molecule has 2 heterocycles. The van der Waals surface area contributed by atoms with Gasteiger partial charge in [0.05, 0.1) is 11.3 Å². The number of rotatable bonds is 2. The largest absolute Gasteiger partial charge is 0.418 e. The molecule has 0 bridgehead atoms. The lowest BCUT2D eigenvalue weighted by Crippen LogP contribution is -2.37. The predicted molar refractivity (Wildman–Crippen MR) is 93.9 cm³/mol. The Bertz CT molecular complexity index is 898. The van der Waals surface area contributed by atoms with Crippen molar-refractivity contribution in [3.8, 4) is 5.69 Å². The maximum absolute atomic E-state index is 13.4. The first-order chi connectivity index (χ1) is 12.8. The summed E-state index contributed by atoms with van der Waals surface area (Å²) < 4.78 is 41.1. The molecular formula is C19H20F3N3O2. The molecule has 144 valence electrons. The summed E-state index contributed by atoms with van der Waals surface area (Å²) in [6, 6.07) is 6.12. The summed E-state index contributed by atoms with van der Waals surface area (Å²) in [5, 5.41) is 4.03. The van der Waals surface area contributed by atoms with Crippen LogP contribution in [-0.4, -0.2) is 33.7 Å². The first-order valence-corrected chi connectivity index (χ1v) is 8.86. The van der Waals surface area contributed by atoms with E-state index in [2.05, 4.69) is 5.10 Å². The number of amides is 1. The summed E-state index contributed by atoms with van der Waals surface area (Å²) >= 11 is 0. The van der Waals surface area contributed by atoms with Crippen LogP contribution in [0.3, 0.4) is 0 Å². The lowest BCUT2D eigenvalue weighted by atomic mass is 10.1. The Hall–Kier alpha value is -2.64. The van der Waals surface area contributed by atoms with Crippen molar-refractivity contribution in [3.63, 3.8) is 0 Å². The molecule has 1 aromatic heterocycles. The van der Waals surface area contributed by atoms with Crippen LogP contribution in [0.5, 0.6) is 0 Å². The highest BCUT2D eigenvalue weighted by atomic mass is 19.4. The number of benzene rings is 1. The van der Waals surface area contributed by atoms with Crippen LogP contribution in [0.15, 0.2) is 35.1 Å². The molecule has 1 aromatic carbocycles. The normalized spacial score (nSPS) is 15.5. The zero-order valence-electron chi connectivity index (χ0n) is 14.9. The van der Waals surface area contributed by atoms with Crippen molar-refractivity contribution in [2.45, 2.75) is 38.8 Å². The van der Waals surface area contributed by atoms with Crippen molar-refractivity contribution in [2.24, 2.45) is 0 Å². The molecule has 1 fully saturated rings. The standard InChI is InChI=1S/C19H20F3N3O2/c1-13-12-16(26)17(18(27)24-10-6-2-3-7-11-24)23-25(13)15-9-5-4-8-14(15)19(20,21)22/h4-5,8-9,12H,2-3,6-7,10-11H2,1H3. The minimum absolute atomic E-state index is 0.215. The van der Waals surface area contributed by atoms with Crippen molar-refractivity contribution in [3.05, 3.63) is 57.5 Å². The van der Waals surface area contributed by atoms with Crippen molar-refractivity contribution in [2.75, 3.05) is 13.1 Å². The van der Waals surface area contributed by atoms with Gasteiger partial charge in [-0.1, -0.05) is 25.0 Å². The monoisotopic (exact) mass is 379 g/mol. The third kappa shape index (κ3) is 4.04. The number of carbonyl (C=O) groups is 1. The molecule has 1 saturated heterocycles. The van der Waals surface area contributed by atoms with Gasteiger partial charge in [0.2, 0.25) is 5.43 Å². The minimum atomic E-state index is -4.58. The van der Waals surface area contributed by atoms with Gasteiger partial charge in [0, 0.05) is 24.8 Å². The van der Waals surface area contributed by atoms with E-state index < -0.39 is 23.1 Å². The van der Waals surface area contributed by atoms with Gasteiger partial charge in [0.1, 0.15) is 0 Å². The van der Waals surface area contributed by atoms with Gasteiger partial charge in [-0.15, -0.1) is 0 Å². The molecule has 0 spiro atoms. The molecule has 0 atom stereocenters. The van der Waals surface area contributed by atoms with Gasteiger partial charge in [-0.2, -0.15) is 18.3 Å². The van der Waals surface area contributed by atoms with Crippen LogP contribution >= 0.6 is 0 Å². The Balaban J connectivity index is 2.08. The molecule has 1 aliphatic rings. The zero-order chi connectivity index (χ0) is 19.6. The molecule has 27 heavy (non-hydrogen) atoms. The fourth-order valence-corrected chi connectivity index (χ4v) is 3.26. The number of para-hydroxylation sites is 1. The van der Waals surface area contributed by atoms with Crippen molar-refractivity contribution >= 4 is 5.91 Å². The van der Waals surface area contributed by atoms with Crippen LogP contribution in [0.4, 0.5) is 13.2 Å². The third-order valence-electron chi connectivity index (χ3n) is 4.64. The van der Waals surface area contributed by atoms with Gasteiger partial charge >= 0.3 is 6.18 Å². The number of hydrogen-bond donors (Lipinski definition) is 0. The first kappa shape index (κ1) is 19.1. The number of carbonyl (C=O) groups excluding carboxylic acids is 1. The fraction of sp³-hybridized carbons (Fsp3) is 0.421. The van der Waals surface area contributed by atoms with Gasteiger partial charge in [0.25, 0.3) is 5.91 Å². The topological polar surface area (TPSA) is 55.2 Å². The van der Waals surface area contributed by atoms with E-state index in [4.69, 9.17) is 0 Å². The Morgan fingerprint density at radius 2 is 1.70 bits per heavy atom. The van der Waals surface area contributed by atoms with E-state index >= 15 is 0 Å². The number of halogens is 3. The number of aryl methyl sites for hydroxylation is 1. The van der Waals surface area contributed by atoms with E-state index in [1.54, 1.807) is 4.90 Å². The number of aromatic nitrogens is 2. The molecule has 0 radical (unpaired) electrons. The molecule has 0 N–H and O–H groups in total. The Morgan fingerprint density at radius 3 is 2.33 bits per heavy atom. The lowest BCUT2D eigenvalue weighted by molar-refractivity contribution is -0.137. The van der Waals surface area contributed by atoms with E-state index in [9.17, 15) is 22.8 Å². The van der Waals surface area contributed by atoms with Crippen LogP contribution in [0.25, 0.3) is 5.69 Å². The zero-order valence-corrected chi connectivity index (χ0v) is 14.9. The second-order valence-electron chi connectivity index (χ2n) is 6.63. The summed E-state index contributed by atoms with van der Waals surface area (Å²) in [6.07, 6.45) is -0.892. The highest BCUT2D eigenvalue weighted by molar-refractivity contribution is 5.92. The minimum Gasteiger partial charge on any atom is -0.337 e. The average molecular weight is 379 g/mol. The van der Waals surface area contributed by atoms with Crippen LogP contribution in [-0.2, 0) is 6.18 Å². The number of likely N-dealkylation sites (tertiary alicyclic amines) is 1. The maximum Gasteiger partial charge on any atom is 0.418 e. The summed E-state index contributed by atoms with van der Waals surface area (Å²) in [5.41, 5.74) is -1.80. The number of hydrogen-bond acceptors (Lipinski definition) is 3. The maximum atomic E-state index is 13.4. The summed E-state index contributed by atoms with van der Waals surface area (Å²) in [6.45, 7) is 2.53. The molecule has 0 unspecified atom stereocenters. The third-order valence-corrected chi connectivity index (χ3v) is 4.64. The van der Waals surface area contributed by atoms with Crippen LogP contribution in [0.2, 0.25) is 0 Å². The predicted octanol–water partition coefficient (Wildman–Crippen LogP) is 3.58. The average Bonchev–Trinajstić information content (AvgIpc) is 2.90. The van der Waals surface area contributed by atoms with E-state index in [-0.39, 0.29) is 17.1 Å². The van der Waals surface area contributed by atoms with E-state index in [0.717, 1.165) is 42.5 Å². The van der Waals surface area contributed by atoms with Crippen molar-refractivity contribution in [1.82, 2.24) is 14.7 Å². The first-order valence-electron chi connectivity index (χ1n) is 8.86. The number of alkyl halides is 3. The smallest absolute Gasteiger partial charge is 0.337 e.